The molecule has 0 aliphatic heterocycles. The van der Waals surface area contributed by atoms with Gasteiger partial charge in [0.2, 0.25) is 0 Å². The molecule has 1 amide bonds. The zero-order valence-corrected chi connectivity index (χ0v) is 16.1. The number of benzene rings is 3. The summed E-state index contributed by atoms with van der Waals surface area (Å²) in [7, 11) is 0. The Labute approximate surface area is 168 Å². The average Bonchev–Trinajstić information content (AvgIpc) is 3.15. The number of nitrogens with one attached hydrogen (secondary N) is 1. The van der Waals surface area contributed by atoms with Crippen molar-refractivity contribution in [3.05, 3.63) is 82.9 Å². The van der Waals surface area contributed by atoms with Crippen LogP contribution in [0, 0.1) is 6.92 Å². The lowest BCUT2D eigenvalue weighted by molar-refractivity contribution is -0.137. The minimum Gasteiger partial charge on any atom is -0.322 e. The molecule has 0 saturated carbocycles. The molecule has 0 aliphatic rings. The molecule has 4 rings (SSSR count). The Kier molecular flexibility index (Phi) is 4.84. The average molecular weight is 412 g/mol. The van der Waals surface area contributed by atoms with Crippen molar-refractivity contribution in [2.75, 3.05) is 5.32 Å². The van der Waals surface area contributed by atoms with Gasteiger partial charge in [0.25, 0.3) is 5.91 Å². The van der Waals surface area contributed by atoms with Gasteiger partial charge in [-0.3, -0.25) is 4.79 Å². The van der Waals surface area contributed by atoms with E-state index in [4.69, 9.17) is 0 Å². The molecule has 4 aromatic rings. The molecule has 1 aromatic heterocycles. The van der Waals surface area contributed by atoms with Gasteiger partial charge in [0.15, 0.2) is 0 Å². The van der Waals surface area contributed by atoms with E-state index in [0.29, 0.717) is 5.56 Å². The normalized spacial score (nSPS) is 11.6. The molecular formula is C22H15F3N2OS. The molecule has 146 valence electrons. The van der Waals surface area contributed by atoms with Crippen molar-refractivity contribution in [2.45, 2.75) is 13.1 Å². The Hall–Kier alpha value is -3.19. The van der Waals surface area contributed by atoms with Crippen molar-refractivity contribution >= 4 is 33.1 Å². The van der Waals surface area contributed by atoms with Gasteiger partial charge in [0.05, 0.1) is 21.3 Å². The van der Waals surface area contributed by atoms with Crippen LogP contribution in [0.5, 0.6) is 0 Å². The summed E-state index contributed by atoms with van der Waals surface area (Å²) in [5.74, 6) is -0.472. The lowest BCUT2D eigenvalue weighted by Crippen LogP contribution is -2.13. The maximum absolute atomic E-state index is 12.9. The molecule has 3 aromatic carbocycles. The predicted molar refractivity (Wildman–Crippen MR) is 109 cm³/mol. The van der Waals surface area contributed by atoms with Crippen molar-refractivity contribution in [3.8, 4) is 11.1 Å². The van der Waals surface area contributed by atoms with Crippen LogP contribution >= 0.6 is 11.3 Å². The van der Waals surface area contributed by atoms with Crippen LogP contribution in [0.4, 0.5) is 18.9 Å². The topological polar surface area (TPSA) is 42.0 Å². The summed E-state index contributed by atoms with van der Waals surface area (Å²) in [6, 6.07) is 15.7. The smallest absolute Gasteiger partial charge is 0.322 e. The van der Waals surface area contributed by atoms with E-state index in [2.05, 4.69) is 10.3 Å². The standard InChI is InChI=1S/C22H15F3N2OS/c1-13-5-6-15(9-18(13)14-7-8-20-19(10-14)26-12-29-20)21(28)27-17-4-2-3-16(11-17)22(23,24)25/h2-12H,1H3,(H,27,28). The van der Waals surface area contributed by atoms with Gasteiger partial charge in [0.1, 0.15) is 0 Å². The van der Waals surface area contributed by atoms with Crippen LogP contribution in [0.15, 0.2) is 66.2 Å². The minimum absolute atomic E-state index is 0.0934. The van der Waals surface area contributed by atoms with Crippen molar-refractivity contribution in [1.29, 1.82) is 0 Å². The summed E-state index contributed by atoms with van der Waals surface area (Å²) < 4.78 is 39.7. The third-order valence-electron chi connectivity index (χ3n) is 4.59. The maximum Gasteiger partial charge on any atom is 0.416 e. The lowest BCUT2D eigenvalue weighted by atomic mass is 9.97. The molecule has 0 radical (unpaired) electrons. The number of aryl methyl sites for hydroxylation is 1. The van der Waals surface area contributed by atoms with Crippen LogP contribution in [0.1, 0.15) is 21.5 Å². The van der Waals surface area contributed by atoms with Crippen molar-refractivity contribution < 1.29 is 18.0 Å². The molecular weight excluding hydrogens is 397 g/mol. The number of hydrogen-bond donors (Lipinski definition) is 1. The molecule has 0 unspecified atom stereocenters. The van der Waals surface area contributed by atoms with Crippen LogP contribution in [-0.4, -0.2) is 10.9 Å². The first-order chi connectivity index (χ1) is 13.8. The number of amides is 1. The highest BCUT2D eigenvalue weighted by Gasteiger charge is 2.30. The van der Waals surface area contributed by atoms with E-state index in [1.807, 2.05) is 31.2 Å². The van der Waals surface area contributed by atoms with Gasteiger partial charge < -0.3 is 5.32 Å². The van der Waals surface area contributed by atoms with E-state index >= 15 is 0 Å². The second kappa shape index (κ2) is 7.33. The first-order valence-electron chi connectivity index (χ1n) is 8.74. The number of carbonyl (C=O) groups excluding carboxylic acids is 1. The molecule has 0 saturated heterocycles. The molecule has 1 N–H and O–H groups in total. The molecule has 1 heterocycles. The molecule has 0 bridgehead atoms. The van der Waals surface area contributed by atoms with Crippen molar-refractivity contribution in [3.63, 3.8) is 0 Å². The van der Waals surface area contributed by atoms with Crippen molar-refractivity contribution in [1.82, 2.24) is 4.98 Å². The first-order valence-corrected chi connectivity index (χ1v) is 9.62. The summed E-state index contributed by atoms with van der Waals surface area (Å²) in [5, 5.41) is 2.54. The lowest BCUT2D eigenvalue weighted by Gasteiger charge is -2.12. The summed E-state index contributed by atoms with van der Waals surface area (Å²) in [4.78, 5) is 17.0. The fourth-order valence-electron chi connectivity index (χ4n) is 3.08. The third kappa shape index (κ3) is 4.00. The Morgan fingerprint density at radius 3 is 2.66 bits per heavy atom. The molecule has 0 aliphatic carbocycles. The van der Waals surface area contributed by atoms with E-state index in [-0.39, 0.29) is 5.69 Å². The number of fused-ring (bicyclic) bond motifs is 1. The van der Waals surface area contributed by atoms with E-state index in [1.54, 1.807) is 29.0 Å². The molecule has 29 heavy (non-hydrogen) atoms. The number of aromatic nitrogens is 1. The van der Waals surface area contributed by atoms with Gasteiger partial charge in [-0.25, -0.2) is 4.98 Å². The van der Waals surface area contributed by atoms with Gasteiger partial charge in [-0.15, -0.1) is 11.3 Å². The predicted octanol–water partition coefficient (Wildman–Crippen LogP) is 6.54. The fraction of sp³-hybridized carbons (Fsp3) is 0.0909. The summed E-state index contributed by atoms with van der Waals surface area (Å²) in [6.07, 6.45) is -4.47. The SMILES string of the molecule is Cc1ccc(C(=O)Nc2cccc(C(F)(F)F)c2)cc1-c1ccc2scnc2c1. The fourth-order valence-corrected chi connectivity index (χ4v) is 3.73. The number of nitrogens with zero attached hydrogens (tertiary/aromatic N) is 1. The number of anilines is 1. The van der Waals surface area contributed by atoms with Gasteiger partial charge in [0, 0.05) is 11.3 Å². The monoisotopic (exact) mass is 412 g/mol. The van der Waals surface area contributed by atoms with Crippen LogP contribution in [0.25, 0.3) is 21.3 Å². The zero-order chi connectivity index (χ0) is 20.6. The van der Waals surface area contributed by atoms with E-state index < -0.39 is 17.6 Å². The van der Waals surface area contributed by atoms with Gasteiger partial charge in [-0.05, 0) is 66.1 Å². The maximum atomic E-state index is 12.9. The number of hydrogen-bond acceptors (Lipinski definition) is 3. The third-order valence-corrected chi connectivity index (χ3v) is 5.40. The van der Waals surface area contributed by atoms with E-state index in [0.717, 1.165) is 39.0 Å². The van der Waals surface area contributed by atoms with E-state index in [1.165, 1.54) is 12.1 Å². The Morgan fingerprint density at radius 2 is 1.86 bits per heavy atom. The highest BCUT2D eigenvalue weighted by Crippen LogP contribution is 2.31. The number of rotatable bonds is 3. The largest absolute Gasteiger partial charge is 0.416 e. The number of alkyl halides is 3. The van der Waals surface area contributed by atoms with Crippen LogP contribution < -0.4 is 5.32 Å². The number of thiazole rings is 1. The number of carbonyl (C=O) groups is 1. The second-order valence-corrected chi connectivity index (χ2v) is 7.48. The van der Waals surface area contributed by atoms with Crippen molar-refractivity contribution in [2.24, 2.45) is 0 Å². The molecule has 0 atom stereocenters. The first kappa shape index (κ1) is 19.1. The van der Waals surface area contributed by atoms with Gasteiger partial charge >= 0.3 is 6.18 Å². The highest BCUT2D eigenvalue weighted by molar-refractivity contribution is 7.16. The molecule has 0 fully saturated rings. The van der Waals surface area contributed by atoms with Gasteiger partial charge in [-0.1, -0.05) is 18.2 Å². The summed E-state index contributed by atoms with van der Waals surface area (Å²) >= 11 is 1.55. The number of halogens is 3. The Morgan fingerprint density at radius 1 is 1.03 bits per heavy atom. The minimum atomic E-state index is -4.47. The highest BCUT2D eigenvalue weighted by atomic mass is 32.1. The Bertz CT molecular complexity index is 1210. The molecule has 0 spiro atoms. The Balaban J connectivity index is 1.64. The van der Waals surface area contributed by atoms with Crippen LogP contribution in [-0.2, 0) is 6.18 Å². The second-order valence-electron chi connectivity index (χ2n) is 6.60. The summed E-state index contributed by atoms with van der Waals surface area (Å²) in [5.41, 5.74) is 5.08. The van der Waals surface area contributed by atoms with Crippen LogP contribution in [0.2, 0.25) is 0 Å². The van der Waals surface area contributed by atoms with E-state index in [9.17, 15) is 18.0 Å². The quantitative estimate of drug-likeness (QED) is 0.415. The van der Waals surface area contributed by atoms with Gasteiger partial charge in [-0.2, -0.15) is 13.2 Å². The summed E-state index contributed by atoms with van der Waals surface area (Å²) in [6.45, 7) is 1.94. The molecule has 3 nitrogen and oxygen atoms in total. The van der Waals surface area contributed by atoms with Crippen LogP contribution in [0.3, 0.4) is 0 Å². The zero-order valence-electron chi connectivity index (χ0n) is 15.2. The molecule has 7 heteroatoms.